The third-order valence-corrected chi connectivity index (χ3v) is 2.73. The fourth-order valence-corrected chi connectivity index (χ4v) is 1.74. The summed E-state index contributed by atoms with van der Waals surface area (Å²) in [6.07, 6.45) is 3.97. The van der Waals surface area contributed by atoms with Gasteiger partial charge in [0.25, 0.3) is 0 Å². The predicted molar refractivity (Wildman–Crippen MR) is 81.4 cm³/mol. The molecule has 0 amide bonds. The molecule has 0 aromatic heterocycles. The van der Waals surface area contributed by atoms with Gasteiger partial charge < -0.3 is 0 Å². The second kappa shape index (κ2) is 8.66. The van der Waals surface area contributed by atoms with Crippen LogP contribution in [0.15, 0.2) is 78.1 Å². The van der Waals surface area contributed by atoms with E-state index < -0.39 is 0 Å². The van der Waals surface area contributed by atoms with Crippen molar-refractivity contribution in [3.05, 3.63) is 78.8 Å². The minimum atomic E-state index is 1.03. The fourth-order valence-electron chi connectivity index (χ4n) is 1.03. The van der Waals surface area contributed by atoms with E-state index >= 15 is 0 Å². The van der Waals surface area contributed by atoms with Crippen molar-refractivity contribution >= 4 is 11.8 Å². The lowest BCUT2D eigenvalue weighted by atomic mass is 10.2. The second-order valence-electron chi connectivity index (χ2n) is 3.56. The molecule has 1 aromatic rings. The van der Waals surface area contributed by atoms with Crippen molar-refractivity contribution in [1.29, 1.82) is 0 Å². The Morgan fingerprint density at radius 3 is 2.06 bits per heavy atom. The summed E-state index contributed by atoms with van der Waals surface area (Å²) in [7, 11) is 0. The number of hydrogen-bond donors (Lipinski definition) is 0. The molecule has 90 valence electrons. The van der Waals surface area contributed by atoms with E-state index in [1.54, 1.807) is 11.8 Å². The largest absolute Gasteiger partial charge is 0.106 e. The highest BCUT2D eigenvalue weighted by atomic mass is 32.2. The summed E-state index contributed by atoms with van der Waals surface area (Å²) in [5, 5.41) is 0. The predicted octanol–water partition coefficient (Wildman–Crippen LogP) is 5.54. The summed E-state index contributed by atoms with van der Waals surface area (Å²) >= 11 is 1.67. The number of hydrogen-bond acceptors (Lipinski definition) is 1. The van der Waals surface area contributed by atoms with Crippen LogP contribution in [0, 0.1) is 6.92 Å². The Hall–Kier alpha value is -1.47. The number of thioether (sulfide) groups is 1. The maximum absolute atomic E-state index is 3.98. The maximum atomic E-state index is 3.98. The molecule has 0 saturated carbocycles. The first kappa shape index (κ1) is 15.5. The van der Waals surface area contributed by atoms with Crippen molar-refractivity contribution in [2.75, 3.05) is 0 Å². The Bertz CT molecular complexity index is 396. The van der Waals surface area contributed by atoms with Gasteiger partial charge in [0.05, 0.1) is 0 Å². The molecule has 1 rings (SSSR count). The lowest BCUT2D eigenvalue weighted by molar-refractivity contribution is 1.38. The molecule has 0 aliphatic rings. The van der Waals surface area contributed by atoms with Gasteiger partial charge in [-0.05, 0) is 32.1 Å². The van der Waals surface area contributed by atoms with Crippen molar-refractivity contribution in [3.8, 4) is 0 Å². The van der Waals surface area contributed by atoms with Gasteiger partial charge in [0, 0.05) is 9.80 Å². The zero-order valence-corrected chi connectivity index (χ0v) is 11.5. The topological polar surface area (TPSA) is 0 Å². The zero-order chi connectivity index (χ0) is 13.3. The Morgan fingerprint density at radius 2 is 1.59 bits per heavy atom. The summed E-state index contributed by atoms with van der Waals surface area (Å²) < 4.78 is 0. The molecule has 0 fully saturated rings. The molecule has 0 atom stereocenters. The maximum Gasteiger partial charge on any atom is 0.0122 e. The van der Waals surface area contributed by atoms with Crippen LogP contribution in [0.1, 0.15) is 12.5 Å². The van der Waals surface area contributed by atoms with Crippen molar-refractivity contribution in [3.63, 3.8) is 0 Å². The zero-order valence-electron chi connectivity index (χ0n) is 10.7. The third kappa shape index (κ3) is 7.42. The Morgan fingerprint density at radius 1 is 1.06 bits per heavy atom. The number of rotatable bonds is 4. The molecule has 0 unspecified atom stereocenters. The van der Waals surface area contributed by atoms with E-state index in [2.05, 4.69) is 57.5 Å². The smallest absolute Gasteiger partial charge is 0.0122 e. The van der Waals surface area contributed by atoms with Gasteiger partial charge in [0.15, 0.2) is 0 Å². The van der Waals surface area contributed by atoms with Gasteiger partial charge in [-0.1, -0.05) is 54.3 Å². The van der Waals surface area contributed by atoms with Gasteiger partial charge >= 0.3 is 0 Å². The first-order chi connectivity index (χ1) is 8.08. The molecule has 0 saturated heterocycles. The van der Waals surface area contributed by atoms with Gasteiger partial charge in [-0.25, -0.2) is 0 Å². The second-order valence-corrected chi connectivity index (χ2v) is 4.76. The van der Waals surface area contributed by atoms with E-state index in [9.17, 15) is 0 Å². The average Bonchev–Trinajstić information content (AvgIpc) is 2.32. The van der Waals surface area contributed by atoms with Gasteiger partial charge in [0.2, 0.25) is 0 Å². The highest BCUT2D eigenvalue weighted by Gasteiger charge is 1.94. The SMILES string of the molecule is C=C.C=C(C)/C=C\C(=C)Sc1ccc(C)cc1. The lowest BCUT2D eigenvalue weighted by Gasteiger charge is -2.01. The van der Waals surface area contributed by atoms with Crippen LogP contribution in [0.25, 0.3) is 0 Å². The summed E-state index contributed by atoms with van der Waals surface area (Å²) in [5.41, 5.74) is 2.32. The van der Waals surface area contributed by atoms with Crippen LogP contribution in [-0.4, -0.2) is 0 Å². The molecule has 17 heavy (non-hydrogen) atoms. The first-order valence-corrected chi connectivity index (χ1v) is 6.16. The van der Waals surface area contributed by atoms with E-state index in [0.29, 0.717) is 0 Å². The van der Waals surface area contributed by atoms with Gasteiger partial charge in [0.1, 0.15) is 0 Å². The summed E-state index contributed by atoms with van der Waals surface area (Å²) in [6, 6.07) is 8.44. The number of allylic oxidation sites excluding steroid dienone is 3. The summed E-state index contributed by atoms with van der Waals surface area (Å²) in [4.78, 5) is 2.25. The van der Waals surface area contributed by atoms with E-state index in [-0.39, 0.29) is 0 Å². The van der Waals surface area contributed by atoms with Crippen LogP contribution in [0.3, 0.4) is 0 Å². The third-order valence-electron chi connectivity index (χ3n) is 1.82. The highest BCUT2D eigenvalue weighted by Crippen LogP contribution is 2.26. The van der Waals surface area contributed by atoms with Crippen molar-refractivity contribution < 1.29 is 0 Å². The van der Waals surface area contributed by atoms with Crippen LogP contribution in [0.4, 0.5) is 0 Å². The number of benzene rings is 1. The normalized spacial score (nSPS) is 9.53. The Kier molecular flexibility index (Phi) is 7.91. The van der Waals surface area contributed by atoms with Crippen LogP contribution in [-0.2, 0) is 0 Å². The van der Waals surface area contributed by atoms with Gasteiger partial charge in [-0.2, -0.15) is 0 Å². The average molecular weight is 244 g/mol. The molecule has 0 aliphatic carbocycles. The van der Waals surface area contributed by atoms with Crippen LogP contribution in [0.5, 0.6) is 0 Å². The first-order valence-electron chi connectivity index (χ1n) is 5.35. The molecule has 0 N–H and O–H groups in total. The molecular weight excluding hydrogens is 224 g/mol. The molecule has 0 aliphatic heterocycles. The fraction of sp³-hybridized carbons (Fsp3) is 0.125. The van der Waals surface area contributed by atoms with Crippen molar-refractivity contribution in [2.24, 2.45) is 0 Å². The van der Waals surface area contributed by atoms with Gasteiger partial charge in [-0.15, -0.1) is 13.2 Å². The van der Waals surface area contributed by atoms with E-state index in [4.69, 9.17) is 0 Å². The van der Waals surface area contributed by atoms with Crippen molar-refractivity contribution in [2.45, 2.75) is 18.7 Å². The monoisotopic (exact) mass is 244 g/mol. The molecule has 0 nitrogen and oxygen atoms in total. The van der Waals surface area contributed by atoms with E-state index in [0.717, 1.165) is 10.5 Å². The minimum Gasteiger partial charge on any atom is -0.106 e. The minimum absolute atomic E-state index is 1.03. The quantitative estimate of drug-likeness (QED) is 0.381. The molecule has 0 spiro atoms. The van der Waals surface area contributed by atoms with Crippen molar-refractivity contribution in [1.82, 2.24) is 0 Å². The molecule has 0 heterocycles. The Labute approximate surface area is 109 Å². The molecule has 1 aromatic carbocycles. The van der Waals surface area contributed by atoms with Gasteiger partial charge in [-0.3, -0.25) is 0 Å². The number of aryl methyl sites for hydroxylation is 1. The summed E-state index contributed by atoms with van der Waals surface area (Å²) in [6.45, 7) is 17.8. The van der Waals surface area contributed by atoms with Crippen LogP contribution >= 0.6 is 11.8 Å². The highest BCUT2D eigenvalue weighted by molar-refractivity contribution is 8.03. The standard InChI is InChI=1S/C14H16S.C2H4/c1-11(2)5-8-13(4)15-14-9-6-12(3)7-10-14;1-2/h5-10H,1,4H2,2-3H3;1-2H2/b8-5-;. The van der Waals surface area contributed by atoms with Crippen LogP contribution < -0.4 is 0 Å². The molecule has 0 bridgehead atoms. The van der Waals surface area contributed by atoms with E-state index in [1.165, 1.54) is 10.5 Å². The molecule has 0 radical (unpaired) electrons. The summed E-state index contributed by atoms with van der Waals surface area (Å²) in [5.74, 6) is 0. The molecule has 1 heteroatoms. The lowest BCUT2D eigenvalue weighted by Crippen LogP contribution is -1.74. The van der Waals surface area contributed by atoms with E-state index in [1.807, 2.05) is 19.1 Å². The van der Waals surface area contributed by atoms with Crippen LogP contribution in [0.2, 0.25) is 0 Å². The molecular formula is C16H20S. The Balaban J connectivity index is 0.00000121.